The Hall–Kier alpha value is -0.420. The van der Waals surface area contributed by atoms with Crippen molar-refractivity contribution in [3.63, 3.8) is 0 Å². The fourth-order valence-electron chi connectivity index (χ4n) is 2.68. The van der Waals surface area contributed by atoms with Crippen LogP contribution in [0.5, 0.6) is 0 Å². The Morgan fingerprint density at radius 2 is 1.81 bits per heavy atom. The van der Waals surface area contributed by atoms with Crippen molar-refractivity contribution in [3.8, 4) is 0 Å². The summed E-state index contributed by atoms with van der Waals surface area (Å²) in [5, 5.41) is 0. The molecule has 0 fully saturated rings. The lowest BCUT2D eigenvalue weighted by Crippen LogP contribution is -2.44. The minimum Gasteiger partial charge on any atom is -0.326 e. The van der Waals surface area contributed by atoms with Crippen LogP contribution in [0.2, 0.25) is 0 Å². The normalized spacial score (nSPS) is 15.0. The second-order valence-electron chi connectivity index (χ2n) is 6.55. The van der Waals surface area contributed by atoms with Crippen molar-refractivity contribution in [1.29, 1.82) is 0 Å². The second kappa shape index (κ2) is 8.89. The Balaban J connectivity index is 3.00. The molecule has 1 aromatic rings. The summed E-state index contributed by atoms with van der Waals surface area (Å²) in [6.45, 7) is 9.78. The van der Waals surface area contributed by atoms with Crippen LogP contribution in [-0.2, 0) is 0 Å². The molecule has 2 atom stereocenters. The van der Waals surface area contributed by atoms with E-state index in [1.165, 1.54) is 5.56 Å². The van der Waals surface area contributed by atoms with Crippen molar-refractivity contribution >= 4 is 15.9 Å². The molecule has 0 aliphatic rings. The van der Waals surface area contributed by atoms with Gasteiger partial charge in [-0.15, -0.1) is 0 Å². The molecule has 2 unspecified atom stereocenters. The molecule has 0 bridgehead atoms. The van der Waals surface area contributed by atoms with Crippen molar-refractivity contribution in [2.45, 2.75) is 32.9 Å². The molecule has 0 amide bonds. The third kappa shape index (κ3) is 6.47. The smallest absolute Gasteiger partial charge is 0.0497 e. The van der Waals surface area contributed by atoms with Gasteiger partial charge in [-0.2, -0.15) is 0 Å². The summed E-state index contributed by atoms with van der Waals surface area (Å²) in [6, 6.07) is 8.88. The van der Waals surface area contributed by atoms with Gasteiger partial charge in [-0.05, 0) is 44.6 Å². The molecule has 1 aromatic carbocycles. The van der Waals surface area contributed by atoms with Crippen LogP contribution in [0.3, 0.4) is 0 Å². The summed E-state index contributed by atoms with van der Waals surface area (Å²) in [6.07, 6.45) is 0. The van der Waals surface area contributed by atoms with Crippen LogP contribution in [-0.4, -0.2) is 49.6 Å². The Morgan fingerprint density at radius 3 is 2.29 bits per heavy atom. The Morgan fingerprint density at radius 1 is 1.14 bits per heavy atom. The van der Waals surface area contributed by atoms with Crippen LogP contribution >= 0.6 is 15.9 Å². The fraction of sp³-hybridized carbons (Fsp3) is 0.647. The van der Waals surface area contributed by atoms with Crippen LogP contribution in [0.15, 0.2) is 28.7 Å². The maximum Gasteiger partial charge on any atom is 0.0497 e. The van der Waals surface area contributed by atoms with Crippen molar-refractivity contribution < 1.29 is 0 Å². The highest BCUT2D eigenvalue weighted by molar-refractivity contribution is 9.10. The minimum atomic E-state index is 0.0974. The predicted octanol–water partition coefficient (Wildman–Crippen LogP) is 3.36. The van der Waals surface area contributed by atoms with Crippen LogP contribution < -0.4 is 5.73 Å². The first-order valence-electron chi connectivity index (χ1n) is 7.71. The Kier molecular flexibility index (Phi) is 7.88. The van der Waals surface area contributed by atoms with Crippen LogP contribution in [0.25, 0.3) is 0 Å². The number of likely N-dealkylation sites (N-methyl/N-ethyl adjacent to an activating group) is 1. The van der Waals surface area contributed by atoms with Crippen LogP contribution in [0.1, 0.15) is 32.4 Å². The van der Waals surface area contributed by atoms with Crippen molar-refractivity contribution in [2.24, 2.45) is 11.7 Å². The Labute approximate surface area is 138 Å². The lowest BCUT2D eigenvalue weighted by atomic mass is 9.98. The van der Waals surface area contributed by atoms with E-state index >= 15 is 0 Å². The summed E-state index contributed by atoms with van der Waals surface area (Å²) in [4.78, 5) is 4.75. The molecule has 120 valence electrons. The molecule has 2 N–H and O–H groups in total. The summed E-state index contributed by atoms with van der Waals surface area (Å²) < 4.78 is 1.11. The van der Waals surface area contributed by atoms with E-state index in [4.69, 9.17) is 5.73 Å². The Bertz CT molecular complexity index is 418. The van der Waals surface area contributed by atoms with Gasteiger partial charge in [0.25, 0.3) is 0 Å². The van der Waals surface area contributed by atoms with Gasteiger partial charge < -0.3 is 10.6 Å². The first kappa shape index (κ1) is 18.6. The lowest BCUT2D eigenvalue weighted by Gasteiger charge is -2.36. The predicted molar refractivity (Wildman–Crippen MR) is 95.5 cm³/mol. The maximum atomic E-state index is 6.33. The molecule has 0 radical (unpaired) electrons. The van der Waals surface area contributed by atoms with E-state index in [9.17, 15) is 0 Å². The third-order valence-corrected chi connectivity index (χ3v) is 4.01. The SMILES string of the molecule is CC(C)CN(CCN(C)C)C(c1cccc(Br)c1)C(C)N. The molecule has 1 rings (SSSR count). The van der Waals surface area contributed by atoms with Gasteiger partial charge in [-0.3, -0.25) is 4.90 Å². The molecule has 4 heteroatoms. The minimum absolute atomic E-state index is 0.0974. The number of hydrogen-bond acceptors (Lipinski definition) is 3. The van der Waals surface area contributed by atoms with Gasteiger partial charge >= 0.3 is 0 Å². The standard InChI is InChI=1S/C17H30BrN3/c1-13(2)12-21(10-9-20(4)5)17(14(3)19)15-7-6-8-16(18)11-15/h6-8,11,13-14,17H,9-10,12,19H2,1-5H3. The zero-order valence-corrected chi connectivity index (χ0v) is 15.6. The van der Waals surface area contributed by atoms with Crippen molar-refractivity contribution in [2.75, 3.05) is 33.7 Å². The summed E-state index contributed by atoms with van der Waals surface area (Å²) in [5.74, 6) is 0.626. The number of nitrogens with zero attached hydrogens (tertiary/aromatic N) is 2. The van der Waals surface area contributed by atoms with Crippen LogP contribution in [0.4, 0.5) is 0 Å². The number of rotatable bonds is 8. The van der Waals surface area contributed by atoms with E-state index in [0.29, 0.717) is 5.92 Å². The molecule has 21 heavy (non-hydrogen) atoms. The van der Waals surface area contributed by atoms with E-state index < -0.39 is 0 Å². The molecule has 0 aromatic heterocycles. The van der Waals surface area contributed by atoms with Gasteiger partial charge in [-0.1, -0.05) is 41.9 Å². The molecular weight excluding hydrogens is 326 g/mol. The zero-order valence-electron chi connectivity index (χ0n) is 14.0. The van der Waals surface area contributed by atoms with Gasteiger partial charge in [0.1, 0.15) is 0 Å². The topological polar surface area (TPSA) is 32.5 Å². The average molecular weight is 356 g/mol. The van der Waals surface area contributed by atoms with E-state index in [2.05, 4.69) is 84.9 Å². The summed E-state index contributed by atoms with van der Waals surface area (Å²) in [5.41, 5.74) is 7.62. The molecular formula is C17H30BrN3. The highest BCUT2D eigenvalue weighted by atomic mass is 79.9. The zero-order chi connectivity index (χ0) is 16.0. The molecule has 3 nitrogen and oxygen atoms in total. The van der Waals surface area contributed by atoms with Gasteiger partial charge in [0, 0.05) is 36.2 Å². The van der Waals surface area contributed by atoms with Crippen LogP contribution in [0, 0.1) is 5.92 Å². The van der Waals surface area contributed by atoms with Crippen molar-refractivity contribution in [3.05, 3.63) is 34.3 Å². The molecule has 0 aliphatic heterocycles. The summed E-state index contributed by atoms with van der Waals surface area (Å²) >= 11 is 3.57. The number of benzene rings is 1. The van der Waals surface area contributed by atoms with Gasteiger partial charge in [0.2, 0.25) is 0 Å². The number of hydrogen-bond donors (Lipinski definition) is 1. The molecule has 0 aliphatic carbocycles. The van der Waals surface area contributed by atoms with E-state index in [-0.39, 0.29) is 12.1 Å². The number of halogens is 1. The first-order chi connectivity index (χ1) is 9.81. The lowest BCUT2D eigenvalue weighted by molar-refractivity contribution is 0.144. The van der Waals surface area contributed by atoms with E-state index in [1.807, 2.05) is 0 Å². The van der Waals surface area contributed by atoms with Gasteiger partial charge in [0.05, 0.1) is 0 Å². The molecule has 0 heterocycles. The largest absolute Gasteiger partial charge is 0.326 e. The van der Waals surface area contributed by atoms with E-state index in [1.54, 1.807) is 0 Å². The third-order valence-electron chi connectivity index (χ3n) is 3.52. The first-order valence-corrected chi connectivity index (χ1v) is 8.50. The quantitative estimate of drug-likeness (QED) is 0.775. The monoisotopic (exact) mass is 355 g/mol. The second-order valence-corrected chi connectivity index (χ2v) is 7.47. The average Bonchev–Trinajstić information content (AvgIpc) is 2.35. The molecule has 0 spiro atoms. The summed E-state index contributed by atoms with van der Waals surface area (Å²) in [7, 11) is 4.24. The fourth-order valence-corrected chi connectivity index (χ4v) is 3.10. The maximum absolute atomic E-state index is 6.33. The highest BCUT2D eigenvalue weighted by Gasteiger charge is 2.24. The van der Waals surface area contributed by atoms with Gasteiger partial charge in [-0.25, -0.2) is 0 Å². The molecule has 0 saturated carbocycles. The highest BCUT2D eigenvalue weighted by Crippen LogP contribution is 2.26. The van der Waals surface area contributed by atoms with Crippen molar-refractivity contribution in [1.82, 2.24) is 9.80 Å². The molecule has 0 saturated heterocycles. The number of nitrogens with two attached hydrogens (primary N) is 1. The van der Waals surface area contributed by atoms with E-state index in [0.717, 1.165) is 24.1 Å². The van der Waals surface area contributed by atoms with Gasteiger partial charge in [0.15, 0.2) is 0 Å².